The number of fused-ring (bicyclic) bond motifs is 1. The van der Waals surface area contributed by atoms with Gasteiger partial charge < -0.3 is 4.79 Å². The molecule has 2 bridgehead atoms. The van der Waals surface area contributed by atoms with Crippen LogP contribution in [0.15, 0.2) is 12.2 Å². The summed E-state index contributed by atoms with van der Waals surface area (Å²) in [4.78, 5) is 11.4. The molecule has 4 aliphatic rings. The fraction of sp³-hybridized carbons (Fsp3) is 0.786. The zero-order valence-electron chi connectivity index (χ0n) is 9.70. The fourth-order valence-corrected chi connectivity index (χ4v) is 4.55. The van der Waals surface area contributed by atoms with E-state index in [1.165, 1.54) is 32.0 Å². The first-order chi connectivity index (χ1) is 7.12. The quantitative estimate of drug-likeness (QED) is 0.473. The van der Waals surface area contributed by atoms with E-state index >= 15 is 0 Å². The number of rotatable bonds is 1. The van der Waals surface area contributed by atoms with Crippen LogP contribution in [-0.4, -0.2) is 6.29 Å². The monoisotopic (exact) mass is 204 g/mol. The Labute approximate surface area is 91.9 Å². The highest BCUT2D eigenvalue weighted by molar-refractivity contribution is 5.59. The van der Waals surface area contributed by atoms with E-state index in [2.05, 4.69) is 26.0 Å². The molecular weight excluding hydrogens is 184 g/mol. The number of aldehydes is 1. The van der Waals surface area contributed by atoms with Crippen molar-refractivity contribution in [3.63, 3.8) is 0 Å². The van der Waals surface area contributed by atoms with Crippen LogP contribution in [0.3, 0.4) is 0 Å². The molecule has 4 rings (SSSR count). The van der Waals surface area contributed by atoms with Crippen LogP contribution in [0.4, 0.5) is 0 Å². The average Bonchev–Trinajstić information content (AvgIpc) is 2.56. The van der Waals surface area contributed by atoms with E-state index in [1.807, 2.05) is 0 Å². The summed E-state index contributed by atoms with van der Waals surface area (Å²) in [5.41, 5.74) is 0.571. The summed E-state index contributed by atoms with van der Waals surface area (Å²) in [5, 5.41) is 0. The highest BCUT2D eigenvalue weighted by Gasteiger charge is 2.59. The van der Waals surface area contributed by atoms with Crippen molar-refractivity contribution in [1.29, 1.82) is 0 Å². The number of carbonyl (C=O) groups excluding carboxylic acids is 1. The van der Waals surface area contributed by atoms with Crippen LogP contribution in [0.25, 0.3) is 0 Å². The smallest absolute Gasteiger partial charge is 0.124 e. The third kappa shape index (κ3) is 0.971. The summed E-state index contributed by atoms with van der Waals surface area (Å²) in [6.07, 6.45) is 11.2. The van der Waals surface area contributed by atoms with Crippen LogP contribution >= 0.6 is 0 Å². The summed E-state index contributed by atoms with van der Waals surface area (Å²) in [6, 6.07) is 0. The van der Waals surface area contributed by atoms with E-state index in [-0.39, 0.29) is 5.41 Å². The second-order valence-electron chi connectivity index (χ2n) is 6.20. The molecule has 0 aromatic rings. The van der Waals surface area contributed by atoms with Crippen LogP contribution in [0.1, 0.15) is 39.5 Å². The number of allylic oxidation sites excluding steroid dienone is 2. The third-order valence-electron chi connectivity index (χ3n) is 5.73. The molecule has 0 amide bonds. The Kier molecular flexibility index (Phi) is 1.76. The van der Waals surface area contributed by atoms with Crippen molar-refractivity contribution >= 4 is 6.29 Å². The molecule has 2 saturated carbocycles. The highest BCUT2D eigenvalue weighted by atomic mass is 16.1. The van der Waals surface area contributed by atoms with Gasteiger partial charge >= 0.3 is 0 Å². The molecule has 1 nitrogen and oxygen atoms in total. The van der Waals surface area contributed by atoms with Gasteiger partial charge in [0.15, 0.2) is 0 Å². The Balaban J connectivity index is 2.11. The minimum absolute atomic E-state index is 0.179. The van der Waals surface area contributed by atoms with Crippen molar-refractivity contribution in [3.05, 3.63) is 12.2 Å². The summed E-state index contributed by atoms with van der Waals surface area (Å²) in [5.74, 6) is 1.72. The molecule has 0 aliphatic heterocycles. The van der Waals surface area contributed by atoms with Gasteiger partial charge in [-0.2, -0.15) is 0 Å². The zero-order valence-corrected chi connectivity index (χ0v) is 9.70. The lowest BCUT2D eigenvalue weighted by atomic mass is 9.48. The van der Waals surface area contributed by atoms with E-state index in [0.717, 1.165) is 5.92 Å². The lowest BCUT2D eigenvalue weighted by molar-refractivity contribution is -0.122. The van der Waals surface area contributed by atoms with Crippen molar-refractivity contribution < 1.29 is 4.79 Å². The van der Waals surface area contributed by atoms with E-state index in [4.69, 9.17) is 0 Å². The van der Waals surface area contributed by atoms with Gasteiger partial charge in [0.1, 0.15) is 6.29 Å². The maximum absolute atomic E-state index is 11.4. The molecule has 0 unspecified atom stereocenters. The first-order valence-electron chi connectivity index (χ1n) is 6.28. The van der Waals surface area contributed by atoms with Gasteiger partial charge in [-0.1, -0.05) is 26.0 Å². The predicted octanol–water partition coefficient (Wildman–Crippen LogP) is 3.20. The van der Waals surface area contributed by atoms with Gasteiger partial charge in [0.25, 0.3) is 0 Å². The highest BCUT2D eigenvalue weighted by Crippen LogP contribution is 2.66. The van der Waals surface area contributed by atoms with Crippen LogP contribution in [-0.2, 0) is 4.79 Å². The first kappa shape index (κ1) is 9.62. The largest absolute Gasteiger partial charge is 0.303 e. The summed E-state index contributed by atoms with van der Waals surface area (Å²) in [6.45, 7) is 4.65. The maximum atomic E-state index is 11.4. The van der Waals surface area contributed by atoms with Crippen LogP contribution in [0.5, 0.6) is 0 Å². The van der Waals surface area contributed by atoms with Crippen LogP contribution in [0.2, 0.25) is 0 Å². The summed E-state index contributed by atoms with van der Waals surface area (Å²) >= 11 is 0. The minimum atomic E-state index is 0.179. The second-order valence-corrected chi connectivity index (χ2v) is 6.20. The van der Waals surface area contributed by atoms with E-state index in [1.54, 1.807) is 0 Å². The molecule has 0 saturated heterocycles. The second kappa shape index (κ2) is 2.75. The van der Waals surface area contributed by atoms with E-state index in [9.17, 15) is 4.79 Å². The maximum Gasteiger partial charge on any atom is 0.124 e. The Bertz CT molecular complexity index is 332. The van der Waals surface area contributed by atoms with Crippen molar-refractivity contribution in [2.45, 2.75) is 39.5 Å². The Hall–Kier alpha value is -0.590. The van der Waals surface area contributed by atoms with E-state index < -0.39 is 0 Å². The van der Waals surface area contributed by atoms with Crippen molar-refractivity contribution in [2.75, 3.05) is 0 Å². The van der Waals surface area contributed by atoms with Gasteiger partial charge in [-0.25, -0.2) is 0 Å². The van der Waals surface area contributed by atoms with Gasteiger partial charge in [0.05, 0.1) is 0 Å². The fourth-order valence-electron chi connectivity index (χ4n) is 4.55. The molecule has 15 heavy (non-hydrogen) atoms. The summed E-state index contributed by atoms with van der Waals surface area (Å²) < 4.78 is 0. The Morgan fingerprint density at radius 3 is 2.67 bits per heavy atom. The normalized spacial score (nSPS) is 56.8. The molecule has 0 radical (unpaired) electrons. The molecule has 82 valence electrons. The predicted molar refractivity (Wildman–Crippen MR) is 60.4 cm³/mol. The minimum Gasteiger partial charge on any atom is -0.303 e. The van der Waals surface area contributed by atoms with Crippen molar-refractivity contribution in [1.82, 2.24) is 0 Å². The van der Waals surface area contributed by atoms with Crippen LogP contribution in [0, 0.1) is 28.6 Å². The molecule has 0 aromatic carbocycles. The molecule has 0 heterocycles. The molecular formula is C14H20O. The van der Waals surface area contributed by atoms with Crippen LogP contribution < -0.4 is 0 Å². The Morgan fingerprint density at radius 1 is 1.27 bits per heavy atom. The topological polar surface area (TPSA) is 17.1 Å². The van der Waals surface area contributed by atoms with Gasteiger partial charge in [0, 0.05) is 5.92 Å². The average molecular weight is 204 g/mol. The Morgan fingerprint density at radius 2 is 2.07 bits per heavy atom. The standard InChI is InChI=1S/C14H20O/c1-10-3-4-11-12(9-15)13(2)5-7-14(10,11)8-6-13/h5,7,9-12H,3-4,6,8H2,1-2H3/t10-,11-,12-,13-,14+/m0/s1. The molecule has 1 heteroatoms. The number of hydrogen-bond acceptors (Lipinski definition) is 1. The molecule has 0 aromatic heterocycles. The molecule has 2 fully saturated rings. The SMILES string of the molecule is C[C@H]1CC[C@H]2[C@H](C=O)[C@@]3(C)C=C[C@@]12CC3. The van der Waals surface area contributed by atoms with E-state index in [0.29, 0.717) is 17.3 Å². The molecule has 0 N–H and O–H groups in total. The molecule has 1 spiro atoms. The third-order valence-corrected chi connectivity index (χ3v) is 5.73. The van der Waals surface area contributed by atoms with Gasteiger partial charge in [-0.05, 0) is 48.3 Å². The van der Waals surface area contributed by atoms with Crippen molar-refractivity contribution in [3.8, 4) is 0 Å². The number of carbonyl (C=O) groups is 1. The lowest BCUT2D eigenvalue weighted by Crippen LogP contribution is -2.50. The molecule has 4 aliphatic carbocycles. The van der Waals surface area contributed by atoms with Crippen molar-refractivity contribution in [2.24, 2.45) is 28.6 Å². The zero-order chi connectivity index (χ0) is 10.7. The lowest BCUT2D eigenvalue weighted by Gasteiger charge is -2.55. The van der Waals surface area contributed by atoms with Gasteiger partial charge in [-0.15, -0.1) is 0 Å². The van der Waals surface area contributed by atoms with Gasteiger partial charge in [0.2, 0.25) is 0 Å². The molecule has 5 atom stereocenters. The van der Waals surface area contributed by atoms with Gasteiger partial charge in [-0.3, -0.25) is 0 Å². The number of hydrogen-bond donors (Lipinski definition) is 0. The first-order valence-corrected chi connectivity index (χ1v) is 6.28. The summed E-state index contributed by atoms with van der Waals surface area (Å²) in [7, 11) is 0.